The summed E-state index contributed by atoms with van der Waals surface area (Å²) in [5.41, 5.74) is 2.01. The molecule has 0 aliphatic heterocycles. The number of carbonyl (C=O) groups excluding carboxylic acids is 2. The van der Waals surface area contributed by atoms with E-state index in [0.717, 1.165) is 11.3 Å². The normalized spacial score (nSPS) is 10.1. The maximum Gasteiger partial charge on any atom is 0.338 e. The number of carbonyl (C=O) groups is 2. The van der Waals surface area contributed by atoms with Crippen LogP contribution in [-0.2, 0) is 16.1 Å². The zero-order chi connectivity index (χ0) is 17.4. The van der Waals surface area contributed by atoms with E-state index in [9.17, 15) is 14.0 Å². The van der Waals surface area contributed by atoms with Crippen LogP contribution >= 0.6 is 0 Å². The summed E-state index contributed by atoms with van der Waals surface area (Å²) >= 11 is 0. The molecule has 0 spiro atoms. The van der Waals surface area contributed by atoms with Gasteiger partial charge in [-0.3, -0.25) is 4.79 Å². The quantitative estimate of drug-likeness (QED) is 0.766. The van der Waals surface area contributed by atoms with Crippen LogP contribution in [0.3, 0.4) is 0 Å². The Hall–Kier alpha value is -2.89. The lowest BCUT2D eigenvalue weighted by Gasteiger charge is -2.08. The van der Waals surface area contributed by atoms with Crippen molar-refractivity contribution in [3.8, 4) is 0 Å². The highest BCUT2D eigenvalue weighted by Crippen LogP contribution is 2.10. The second-order valence-electron chi connectivity index (χ2n) is 5.05. The van der Waals surface area contributed by atoms with Gasteiger partial charge in [-0.15, -0.1) is 0 Å². The SMILES string of the molecule is CCOC(=O)c1ccc(NCC(=O)NCc2ccc(F)cc2)cc1. The number of rotatable bonds is 7. The summed E-state index contributed by atoms with van der Waals surface area (Å²) in [6.07, 6.45) is 0. The van der Waals surface area contributed by atoms with Crippen molar-refractivity contribution in [1.82, 2.24) is 5.32 Å². The number of anilines is 1. The number of nitrogens with one attached hydrogen (secondary N) is 2. The van der Waals surface area contributed by atoms with E-state index in [1.54, 1.807) is 43.3 Å². The predicted octanol–water partition coefficient (Wildman–Crippen LogP) is 2.73. The van der Waals surface area contributed by atoms with Gasteiger partial charge in [-0.05, 0) is 48.9 Å². The van der Waals surface area contributed by atoms with E-state index in [1.807, 2.05) is 0 Å². The van der Waals surface area contributed by atoms with Crippen LogP contribution in [0.5, 0.6) is 0 Å². The molecule has 0 saturated heterocycles. The van der Waals surface area contributed by atoms with Gasteiger partial charge in [0.05, 0.1) is 18.7 Å². The maximum absolute atomic E-state index is 12.8. The van der Waals surface area contributed by atoms with E-state index in [2.05, 4.69) is 10.6 Å². The molecule has 2 aromatic rings. The molecule has 0 bridgehead atoms. The van der Waals surface area contributed by atoms with Gasteiger partial charge in [-0.25, -0.2) is 9.18 Å². The molecule has 0 aromatic heterocycles. The summed E-state index contributed by atoms with van der Waals surface area (Å²) < 4.78 is 17.7. The third-order valence-electron chi connectivity index (χ3n) is 3.25. The number of hydrogen-bond donors (Lipinski definition) is 2. The van der Waals surface area contributed by atoms with E-state index in [-0.39, 0.29) is 24.2 Å². The van der Waals surface area contributed by atoms with Gasteiger partial charge in [0.2, 0.25) is 5.91 Å². The van der Waals surface area contributed by atoms with Crippen molar-refractivity contribution in [2.45, 2.75) is 13.5 Å². The first-order chi connectivity index (χ1) is 11.6. The number of amides is 1. The van der Waals surface area contributed by atoms with Gasteiger partial charge >= 0.3 is 5.97 Å². The Kier molecular flexibility index (Phi) is 6.31. The molecule has 0 fully saturated rings. The van der Waals surface area contributed by atoms with E-state index in [1.165, 1.54) is 12.1 Å². The highest BCUT2D eigenvalue weighted by molar-refractivity contribution is 5.90. The molecular weight excluding hydrogens is 311 g/mol. The minimum Gasteiger partial charge on any atom is -0.462 e. The van der Waals surface area contributed by atoms with Crippen LogP contribution in [0, 0.1) is 5.82 Å². The Morgan fingerprint density at radius 3 is 2.33 bits per heavy atom. The molecule has 0 aliphatic rings. The van der Waals surface area contributed by atoms with Crippen molar-refractivity contribution in [3.63, 3.8) is 0 Å². The van der Waals surface area contributed by atoms with Gasteiger partial charge < -0.3 is 15.4 Å². The van der Waals surface area contributed by atoms with E-state index in [4.69, 9.17) is 4.74 Å². The highest BCUT2D eigenvalue weighted by atomic mass is 19.1. The first-order valence-electron chi connectivity index (χ1n) is 7.60. The zero-order valence-corrected chi connectivity index (χ0v) is 13.3. The lowest BCUT2D eigenvalue weighted by atomic mass is 10.2. The van der Waals surface area contributed by atoms with E-state index >= 15 is 0 Å². The highest BCUT2D eigenvalue weighted by Gasteiger charge is 2.06. The summed E-state index contributed by atoms with van der Waals surface area (Å²) in [7, 11) is 0. The minimum atomic E-state index is -0.374. The summed E-state index contributed by atoms with van der Waals surface area (Å²) in [5.74, 6) is -0.868. The third kappa shape index (κ3) is 5.39. The second kappa shape index (κ2) is 8.67. The van der Waals surface area contributed by atoms with Gasteiger partial charge in [0, 0.05) is 12.2 Å². The van der Waals surface area contributed by atoms with Gasteiger partial charge in [0.25, 0.3) is 0 Å². The molecule has 2 rings (SSSR count). The van der Waals surface area contributed by atoms with Crippen molar-refractivity contribution in [2.24, 2.45) is 0 Å². The lowest BCUT2D eigenvalue weighted by Crippen LogP contribution is -2.29. The van der Waals surface area contributed by atoms with Crippen LogP contribution < -0.4 is 10.6 Å². The van der Waals surface area contributed by atoms with Crippen LogP contribution in [0.25, 0.3) is 0 Å². The van der Waals surface area contributed by atoms with Crippen molar-refractivity contribution in [3.05, 3.63) is 65.5 Å². The van der Waals surface area contributed by atoms with Crippen molar-refractivity contribution >= 4 is 17.6 Å². The standard InChI is InChI=1S/C18H19FN2O3/c1-2-24-18(23)14-5-9-16(10-6-14)20-12-17(22)21-11-13-3-7-15(19)8-4-13/h3-10,20H,2,11-12H2,1H3,(H,21,22). The monoisotopic (exact) mass is 330 g/mol. The molecule has 0 radical (unpaired) electrons. The first kappa shape index (κ1) is 17.5. The van der Waals surface area contributed by atoms with Gasteiger partial charge in [-0.2, -0.15) is 0 Å². The molecule has 0 unspecified atom stereocenters. The Morgan fingerprint density at radius 1 is 1.04 bits per heavy atom. The van der Waals surface area contributed by atoms with Gasteiger partial charge in [-0.1, -0.05) is 12.1 Å². The summed E-state index contributed by atoms with van der Waals surface area (Å²) in [4.78, 5) is 23.3. The molecule has 2 aromatic carbocycles. The number of hydrogen-bond acceptors (Lipinski definition) is 4. The Labute approximate surface area is 139 Å². The predicted molar refractivity (Wildman–Crippen MR) is 89.1 cm³/mol. The van der Waals surface area contributed by atoms with Gasteiger partial charge in [0.15, 0.2) is 0 Å². The molecular formula is C18H19FN2O3. The van der Waals surface area contributed by atoms with Crippen LogP contribution in [0.15, 0.2) is 48.5 Å². The number of esters is 1. The fraction of sp³-hybridized carbons (Fsp3) is 0.222. The maximum atomic E-state index is 12.8. The van der Waals surface area contributed by atoms with Crippen LogP contribution in [0.2, 0.25) is 0 Å². The van der Waals surface area contributed by atoms with Crippen LogP contribution in [0.4, 0.5) is 10.1 Å². The Morgan fingerprint density at radius 2 is 1.71 bits per heavy atom. The fourth-order valence-corrected chi connectivity index (χ4v) is 1.99. The van der Waals surface area contributed by atoms with Crippen LogP contribution in [0.1, 0.15) is 22.8 Å². The smallest absolute Gasteiger partial charge is 0.338 e. The molecule has 0 aliphatic carbocycles. The average molecular weight is 330 g/mol. The first-order valence-corrected chi connectivity index (χ1v) is 7.60. The van der Waals surface area contributed by atoms with Crippen molar-refractivity contribution in [1.29, 1.82) is 0 Å². The largest absolute Gasteiger partial charge is 0.462 e. The minimum absolute atomic E-state index is 0.0972. The molecule has 0 heterocycles. The molecule has 2 N–H and O–H groups in total. The van der Waals surface area contributed by atoms with E-state index in [0.29, 0.717) is 18.7 Å². The average Bonchev–Trinajstić information content (AvgIpc) is 2.60. The summed E-state index contributed by atoms with van der Waals surface area (Å²) in [6.45, 7) is 2.51. The molecule has 5 nitrogen and oxygen atoms in total. The summed E-state index contributed by atoms with van der Waals surface area (Å²) in [5, 5.41) is 5.70. The van der Waals surface area contributed by atoms with Crippen LogP contribution in [-0.4, -0.2) is 25.0 Å². The van der Waals surface area contributed by atoms with E-state index < -0.39 is 0 Å². The fourth-order valence-electron chi connectivity index (χ4n) is 1.99. The molecule has 24 heavy (non-hydrogen) atoms. The number of halogens is 1. The lowest BCUT2D eigenvalue weighted by molar-refractivity contribution is -0.119. The molecule has 0 atom stereocenters. The van der Waals surface area contributed by atoms with Crippen molar-refractivity contribution in [2.75, 3.05) is 18.5 Å². The second-order valence-corrected chi connectivity index (χ2v) is 5.05. The van der Waals surface area contributed by atoms with Crippen molar-refractivity contribution < 1.29 is 18.7 Å². The molecule has 0 saturated carbocycles. The Balaban J connectivity index is 1.77. The Bertz CT molecular complexity index is 684. The number of ether oxygens (including phenoxy) is 1. The molecule has 6 heteroatoms. The number of benzene rings is 2. The topological polar surface area (TPSA) is 67.4 Å². The van der Waals surface area contributed by atoms with Gasteiger partial charge in [0.1, 0.15) is 5.82 Å². The summed E-state index contributed by atoms with van der Waals surface area (Å²) in [6, 6.07) is 12.6. The zero-order valence-electron chi connectivity index (χ0n) is 13.3. The molecule has 1 amide bonds. The third-order valence-corrected chi connectivity index (χ3v) is 3.25. The molecule has 126 valence electrons.